The van der Waals surface area contributed by atoms with Crippen LogP contribution in [0.5, 0.6) is 0 Å². The van der Waals surface area contributed by atoms with Gasteiger partial charge in [-0.2, -0.15) is 0 Å². The number of hydrogen-bond donors (Lipinski definition) is 2. The normalized spacial score (nSPS) is 27.2. The number of carbonyl (C=O) groups is 2. The van der Waals surface area contributed by atoms with E-state index in [1.54, 1.807) is 6.92 Å². The highest BCUT2D eigenvalue weighted by molar-refractivity contribution is 5.85. The third kappa shape index (κ3) is 2.35. The number of aliphatic hydroxyl groups is 1. The van der Waals surface area contributed by atoms with Crippen molar-refractivity contribution in [3.63, 3.8) is 0 Å². The first kappa shape index (κ1) is 13.0. The SMILES string of the molecule is CCC[C@@H]1CC(=O)N(C(CC)C(=O)O)C1O. The van der Waals surface area contributed by atoms with Crippen LogP contribution in [0.2, 0.25) is 0 Å². The van der Waals surface area contributed by atoms with E-state index in [0.29, 0.717) is 6.42 Å². The molecule has 1 rings (SSSR count). The van der Waals surface area contributed by atoms with Gasteiger partial charge in [0.05, 0.1) is 0 Å². The topological polar surface area (TPSA) is 77.8 Å². The van der Waals surface area contributed by atoms with Crippen molar-refractivity contribution >= 4 is 11.9 Å². The summed E-state index contributed by atoms with van der Waals surface area (Å²) in [5, 5.41) is 18.9. The second-order valence-electron chi connectivity index (χ2n) is 4.23. The second-order valence-corrected chi connectivity index (χ2v) is 4.23. The van der Waals surface area contributed by atoms with Crippen LogP contribution in [0.4, 0.5) is 0 Å². The van der Waals surface area contributed by atoms with E-state index >= 15 is 0 Å². The number of nitrogens with zero attached hydrogens (tertiary/aromatic N) is 1. The maximum Gasteiger partial charge on any atom is 0.326 e. The van der Waals surface area contributed by atoms with Crippen molar-refractivity contribution in [2.45, 2.75) is 51.8 Å². The van der Waals surface area contributed by atoms with Crippen LogP contribution < -0.4 is 0 Å². The molecule has 1 heterocycles. The van der Waals surface area contributed by atoms with Gasteiger partial charge < -0.3 is 15.1 Å². The molecule has 0 aromatic heterocycles. The van der Waals surface area contributed by atoms with Gasteiger partial charge in [0.2, 0.25) is 5.91 Å². The van der Waals surface area contributed by atoms with Crippen molar-refractivity contribution in [2.24, 2.45) is 5.92 Å². The minimum absolute atomic E-state index is 0.120. The third-order valence-corrected chi connectivity index (χ3v) is 3.10. The van der Waals surface area contributed by atoms with Crippen LogP contribution in [0.15, 0.2) is 0 Å². The molecule has 0 spiro atoms. The molecule has 1 fully saturated rings. The molecule has 5 heteroatoms. The number of rotatable bonds is 5. The van der Waals surface area contributed by atoms with E-state index in [-0.39, 0.29) is 18.2 Å². The van der Waals surface area contributed by atoms with Crippen LogP contribution in [-0.2, 0) is 9.59 Å². The standard InChI is InChI=1S/C11H19NO4/c1-3-5-7-6-9(13)12(10(7)14)8(4-2)11(15)16/h7-8,10,14H,3-6H2,1-2H3,(H,15,16)/t7-,8?,10?/m1/s1. The lowest BCUT2D eigenvalue weighted by Crippen LogP contribution is -2.47. The van der Waals surface area contributed by atoms with Crippen LogP contribution >= 0.6 is 0 Å². The fourth-order valence-electron chi connectivity index (χ4n) is 2.28. The van der Waals surface area contributed by atoms with Gasteiger partial charge in [-0.05, 0) is 12.8 Å². The van der Waals surface area contributed by atoms with Gasteiger partial charge in [-0.1, -0.05) is 20.3 Å². The minimum atomic E-state index is -1.05. The van der Waals surface area contributed by atoms with Gasteiger partial charge in [-0.3, -0.25) is 4.79 Å². The lowest BCUT2D eigenvalue weighted by atomic mass is 10.0. The summed E-state index contributed by atoms with van der Waals surface area (Å²) in [6.45, 7) is 3.68. The lowest BCUT2D eigenvalue weighted by Gasteiger charge is -2.28. The molecule has 0 radical (unpaired) electrons. The number of likely N-dealkylation sites (tertiary alicyclic amines) is 1. The molecule has 3 atom stereocenters. The van der Waals surface area contributed by atoms with Crippen molar-refractivity contribution in [3.05, 3.63) is 0 Å². The highest BCUT2D eigenvalue weighted by Crippen LogP contribution is 2.30. The molecule has 1 amide bonds. The molecule has 1 saturated heterocycles. The van der Waals surface area contributed by atoms with E-state index in [1.807, 2.05) is 6.92 Å². The van der Waals surface area contributed by atoms with Crippen molar-refractivity contribution < 1.29 is 19.8 Å². The molecule has 5 nitrogen and oxygen atoms in total. The van der Waals surface area contributed by atoms with Crippen molar-refractivity contribution in [1.82, 2.24) is 4.90 Å². The fourth-order valence-corrected chi connectivity index (χ4v) is 2.28. The molecule has 0 aliphatic carbocycles. The Morgan fingerprint density at radius 3 is 2.62 bits per heavy atom. The van der Waals surface area contributed by atoms with Gasteiger partial charge in [0.15, 0.2) is 0 Å². The van der Waals surface area contributed by atoms with E-state index in [4.69, 9.17) is 5.11 Å². The van der Waals surface area contributed by atoms with Crippen molar-refractivity contribution in [1.29, 1.82) is 0 Å². The monoisotopic (exact) mass is 229 g/mol. The molecular weight excluding hydrogens is 210 g/mol. The Kier molecular flexibility index (Phi) is 4.29. The Bertz CT molecular complexity index is 279. The summed E-state index contributed by atoms with van der Waals surface area (Å²) in [4.78, 5) is 23.8. The quantitative estimate of drug-likeness (QED) is 0.731. The summed E-state index contributed by atoms with van der Waals surface area (Å²) in [6.07, 6.45) is 1.27. The Balaban J connectivity index is 2.80. The summed E-state index contributed by atoms with van der Waals surface area (Å²) in [6, 6.07) is -0.899. The van der Waals surface area contributed by atoms with Gasteiger partial charge in [0, 0.05) is 12.3 Å². The molecule has 0 bridgehead atoms. The zero-order valence-corrected chi connectivity index (χ0v) is 9.72. The third-order valence-electron chi connectivity index (χ3n) is 3.10. The number of carboxylic acids is 1. The summed E-state index contributed by atoms with van der Waals surface area (Å²) in [7, 11) is 0. The molecule has 0 aromatic rings. The molecule has 1 aliphatic rings. The fraction of sp³-hybridized carbons (Fsp3) is 0.818. The maximum atomic E-state index is 11.7. The molecule has 0 aromatic carbocycles. The van der Waals surface area contributed by atoms with Crippen LogP contribution in [0.25, 0.3) is 0 Å². The number of aliphatic hydroxyl groups excluding tert-OH is 1. The molecule has 92 valence electrons. The molecule has 2 N–H and O–H groups in total. The summed E-state index contributed by atoms with van der Waals surface area (Å²) in [5.74, 6) is -1.42. The number of carboxylic acid groups (broad SMARTS) is 1. The highest BCUT2D eigenvalue weighted by atomic mass is 16.4. The van der Waals surface area contributed by atoms with Crippen LogP contribution in [0.3, 0.4) is 0 Å². The first-order valence-electron chi connectivity index (χ1n) is 5.74. The minimum Gasteiger partial charge on any atom is -0.480 e. The van der Waals surface area contributed by atoms with E-state index in [2.05, 4.69) is 0 Å². The maximum absolute atomic E-state index is 11.7. The van der Waals surface area contributed by atoms with Crippen molar-refractivity contribution in [2.75, 3.05) is 0 Å². The first-order valence-corrected chi connectivity index (χ1v) is 5.74. The summed E-state index contributed by atoms with van der Waals surface area (Å²) >= 11 is 0. The van der Waals surface area contributed by atoms with Gasteiger partial charge in [0.1, 0.15) is 12.3 Å². The Morgan fingerprint density at radius 2 is 2.19 bits per heavy atom. The molecular formula is C11H19NO4. The van der Waals surface area contributed by atoms with Crippen LogP contribution in [-0.4, -0.2) is 39.3 Å². The second kappa shape index (κ2) is 5.30. The van der Waals surface area contributed by atoms with Crippen LogP contribution in [0.1, 0.15) is 39.5 Å². The predicted molar refractivity (Wildman–Crippen MR) is 57.6 cm³/mol. The first-order chi connectivity index (χ1) is 7.52. The predicted octanol–water partition coefficient (Wildman–Crippen LogP) is 0.817. The molecule has 2 unspecified atom stereocenters. The Morgan fingerprint density at radius 1 is 1.56 bits per heavy atom. The van der Waals surface area contributed by atoms with Crippen molar-refractivity contribution in [3.8, 4) is 0 Å². The van der Waals surface area contributed by atoms with E-state index < -0.39 is 18.2 Å². The number of carbonyl (C=O) groups excluding carboxylic acids is 1. The molecule has 0 saturated carbocycles. The highest BCUT2D eigenvalue weighted by Gasteiger charge is 2.43. The van der Waals surface area contributed by atoms with Crippen LogP contribution in [0, 0.1) is 5.92 Å². The summed E-state index contributed by atoms with van der Waals surface area (Å²) in [5.41, 5.74) is 0. The molecule has 16 heavy (non-hydrogen) atoms. The Hall–Kier alpha value is -1.10. The van der Waals surface area contributed by atoms with Gasteiger partial charge in [-0.25, -0.2) is 4.79 Å². The zero-order valence-electron chi connectivity index (χ0n) is 9.72. The van der Waals surface area contributed by atoms with E-state index in [0.717, 1.165) is 17.7 Å². The average Bonchev–Trinajstić information content (AvgIpc) is 2.47. The smallest absolute Gasteiger partial charge is 0.326 e. The van der Waals surface area contributed by atoms with Gasteiger partial charge >= 0.3 is 5.97 Å². The summed E-state index contributed by atoms with van der Waals surface area (Å²) < 4.78 is 0. The lowest BCUT2D eigenvalue weighted by molar-refractivity contribution is -0.155. The largest absolute Gasteiger partial charge is 0.480 e. The van der Waals surface area contributed by atoms with E-state index in [1.165, 1.54) is 0 Å². The average molecular weight is 229 g/mol. The number of aliphatic carboxylic acids is 1. The number of amides is 1. The zero-order chi connectivity index (χ0) is 12.3. The molecule has 1 aliphatic heterocycles. The Labute approximate surface area is 95.1 Å². The van der Waals surface area contributed by atoms with Gasteiger partial charge in [-0.15, -0.1) is 0 Å². The van der Waals surface area contributed by atoms with Gasteiger partial charge in [0.25, 0.3) is 0 Å². The number of hydrogen-bond acceptors (Lipinski definition) is 3. The van der Waals surface area contributed by atoms with E-state index in [9.17, 15) is 14.7 Å².